The molecule has 2 aliphatic rings. The Bertz CT molecular complexity index is 796. The minimum atomic E-state index is -0.205. The molecule has 0 radical (unpaired) electrons. The van der Waals surface area contributed by atoms with Crippen LogP contribution in [0.3, 0.4) is 0 Å². The first kappa shape index (κ1) is 19.1. The molecule has 2 aromatic rings. The highest BCUT2D eigenvalue weighted by atomic mass is 19.1. The van der Waals surface area contributed by atoms with Gasteiger partial charge >= 0.3 is 0 Å². The number of halogens is 1. The number of piperidine rings is 2. The van der Waals surface area contributed by atoms with Gasteiger partial charge in [0.25, 0.3) is 5.91 Å². The van der Waals surface area contributed by atoms with Crippen molar-refractivity contribution in [1.82, 2.24) is 15.0 Å². The van der Waals surface area contributed by atoms with Gasteiger partial charge in [0.2, 0.25) is 5.76 Å². The SMILES string of the molecule is CC1CCN(C(=O)c2cc([C@H]3CCCN(Cc4ccc(F)cc4)C3)no2)CC1. The molecule has 1 aromatic carbocycles. The first-order valence-corrected chi connectivity index (χ1v) is 10.3. The maximum absolute atomic E-state index is 13.1. The van der Waals surface area contributed by atoms with Gasteiger partial charge < -0.3 is 9.42 Å². The van der Waals surface area contributed by atoms with Gasteiger partial charge in [0.1, 0.15) is 5.82 Å². The quantitative estimate of drug-likeness (QED) is 0.796. The first-order chi connectivity index (χ1) is 13.6. The van der Waals surface area contributed by atoms with Gasteiger partial charge in [-0.05, 0) is 55.8 Å². The lowest BCUT2D eigenvalue weighted by Crippen LogP contribution is -2.37. The summed E-state index contributed by atoms with van der Waals surface area (Å²) in [5, 5.41) is 4.23. The minimum absolute atomic E-state index is 0.0374. The van der Waals surface area contributed by atoms with E-state index in [9.17, 15) is 9.18 Å². The molecular formula is C22H28FN3O2. The summed E-state index contributed by atoms with van der Waals surface area (Å²) in [4.78, 5) is 16.9. The molecule has 0 saturated carbocycles. The molecule has 150 valence electrons. The van der Waals surface area contributed by atoms with Gasteiger partial charge in [0.05, 0.1) is 5.69 Å². The van der Waals surface area contributed by atoms with E-state index < -0.39 is 0 Å². The summed E-state index contributed by atoms with van der Waals surface area (Å²) in [5.41, 5.74) is 1.98. The standard InChI is InChI=1S/C22H28FN3O2/c1-16-8-11-26(12-9-16)22(27)21-13-20(24-28-21)18-3-2-10-25(15-18)14-17-4-6-19(23)7-5-17/h4-7,13,16,18H,2-3,8-12,14-15H2,1H3/t18-/m0/s1. The third kappa shape index (κ3) is 4.43. The summed E-state index contributed by atoms with van der Waals surface area (Å²) >= 11 is 0. The van der Waals surface area contributed by atoms with Crippen LogP contribution in [-0.2, 0) is 6.54 Å². The van der Waals surface area contributed by atoms with E-state index in [1.165, 1.54) is 12.1 Å². The number of hydrogen-bond acceptors (Lipinski definition) is 4. The number of carbonyl (C=O) groups excluding carboxylic acids is 1. The van der Waals surface area contributed by atoms with Crippen LogP contribution in [0.2, 0.25) is 0 Å². The predicted octanol–water partition coefficient (Wildman–Crippen LogP) is 4.07. The molecular weight excluding hydrogens is 357 g/mol. The second kappa shape index (κ2) is 8.43. The Hall–Kier alpha value is -2.21. The van der Waals surface area contributed by atoms with Crippen LogP contribution in [0.5, 0.6) is 0 Å². The molecule has 1 aromatic heterocycles. The van der Waals surface area contributed by atoms with Crippen molar-refractivity contribution in [1.29, 1.82) is 0 Å². The van der Waals surface area contributed by atoms with Crippen LogP contribution in [0, 0.1) is 11.7 Å². The molecule has 0 aliphatic carbocycles. The van der Waals surface area contributed by atoms with Crippen LogP contribution >= 0.6 is 0 Å². The van der Waals surface area contributed by atoms with Crippen molar-refractivity contribution in [3.8, 4) is 0 Å². The van der Waals surface area contributed by atoms with E-state index in [0.29, 0.717) is 11.7 Å². The molecule has 2 fully saturated rings. The Kier molecular flexibility index (Phi) is 5.76. The third-order valence-electron chi connectivity index (χ3n) is 6.05. The lowest BCUT2D eigenvalue weighted by Gasteiger charge is -2.31. The van der Waals surface area contributed by atoms with Gasteiger partial charge in [-0.1, -0.05) is 24.2 Å². The van der Waals surface area contributed by atoms with E-state index >= 15 is 0 Å². The van der Waals surface area contributed by atoms with Gasteiger partial charge in [0, 0.05) is 38.2 Å². The Morgan fingerprint density at radius 1 is 1.18 bits per heavy atom. The van der Waals surface area contributed by atoms with Crippen LogP contribution in [-0.4, -0.2) is 47.0 Å². The van der Waals surface area contributed by atoms with Crippen LogP contribution in [0.25, 0.3) is 0 Å². The van der Waals surface area contributed by atoms with E-state index in [-0.39, 0.29) is 17.6 Å². The minimum Gasteiger partial charge on any atom is -0.351 e. The monoisotopic (exact) mass is 385 g/mol. The molecule has 0 unspecified atom stereocenters. The van der Waals surface area contributed by atoms with Crippen molar-refractivity contribution in [2.45, 2.75) is 45.1 Å². The number of hydrogen-bond donors (Lipinski definition) is 0. The number of carbonyl (C=O) groups is 1. The second-order valence-corrected chi connectivity index (χ2v) is 8.29. The van der Waals surface area contributed by atoms with E-state index in [2.05, 4.69) is 17.0 Å². The highest BCUT2D eigenvalue weighted by Gasteiger charge is 2.28. The zero-order valence-electron chi connectivity index (χ0n) is 16.4. The zero-order valence-corrected chi connectivity index (χ0v) is 16.4. The molecule has 0 N–H and O–H groups in total. The zero-order chi connectivity index (χ0) is 19.5. The first-order valence-electron chi connectivity index (χ1n) is 10.3. The van der Waals surface area contributed by atoms with E-state index in [1.807, 2.05) is 23.1 Å². The summed E-state index contributed by atoms with van der Waals surface area (Å²) in [6, 6.07) is 8.53. The molecule has 28 heavy (non-hydrogen) atoms. The number of amides is 1. The van der Waals surface area contributed by atoms with Gasteiger partial charge in [-0.2, -0.15) is 0 Å². The van der Waals surface area contributed by atoms with Crippen LogP contribution in [0.4, 0.5) is 4.39 Å². The molecule has 2 saturated heterocycles. The Labute approximate surface area is 165 Å². The molecule has 3 heterocycles. The lowest BCUT2D eigenvalue weighted by molar-refractivity contribution is 0.0655. The van der Waals surface area contributed by atoms with Crippen molar-refractivity contribution in [2.75, 3.05) is 26.2 Å². The largest absolute Gasteiger partial charge is 0.351 e. The van der Waals surface area contributed by atoms with Gasteiger partial charge in [-0.15, -0.1) is 0 Å². The Balaban J connectivity index is 1.37. The number of likely N-dealkylation sites (tertiary alicyclic amines) is 2. The summed E-state index contributed by atoms with van der Waals surface area (Å²) < 4.78 is 18.5. The van der Waals surface area contributed by atoms with Crippen LogP contribution < -0.4 is 0 Å². The number of rotatable bonds is 4. The Morgan fingerprint density at radius 2 is 1.93 bits per heavy atom. The average Bonchev–Trinajstić information content (AvgIpc) is 3.20. The third-order valence-corrected chi connectivity index (χ3v) is 6.05. The van der Waals surface area contributed by atoms with Gasteiger partial charge in [-0.3, -0.25) is 9.69 Å². The highest BCUT2D eigenvalue weighted by molar-refractivity contribution is 5.91. The highest BCUT2D eigenvalue weighted by Crippen LogP contribution is 2.28. The van der Waals surface area contributed by atoms with E-state index in [0.717, 1.165) is 69.7 Å². The summed E-state index contributed by atoms with van der Waals surface area (Å²) in [5.74, 6) is 1.07. The second-order valence-electron chi connectivity index (χ2n) is 8.29. The van der Waals surface area contributed by atoms with Gasteiger partial charge in [-0.25, -0.2) is 4.39 Å². The molecule has 1 atom stereocenters. The molecule has 6 heteroatoms. The maximum Gasteiger partial charge on any atom is 0.292 e. The molecule has 5 nitrogen and oxygen atoms in total. The van der Waals surface area contributed by atoms with Gasteiger partial charge in [0.15, 0.2) is 0 Å². The lowest BCUT2D eigenvalue weighted by atomic mass is 9.94. The fourth-order valence-corrected chi connectivity index (χ4v) is 4.24. The number of benzene rings is 1. The fourth-order valence-electron chi connectivity index (χ4n) is 4.24. The van der Waals surface area contributed by atoms with Crippen molar-refractivity contribution < 1.29 is 13.7 Å². The summed E-state index contributed by atoms with van der Waals surface area (Å²) in [7, 11) is 0. The number of nitrogens with zero attached hydrogens (tertiary/aromatic N) is 3. The maximum atomic E-state index is 13.1. The molecule has 0 spiro atoms. The predicted molar refractivity (Wildman–Crippen MR) is 104 cm³/mol. The average molecular weight is 385 g/mol. The smallest absolute Gasteiger partial charge is 0.292 e. The molecule has 4 rings (SSSR count). The van der Waals surface area contributed by atoms with Crippen LogP contribution in [0.1, 0.15) is 60.3 Å². The van der Waals surface area contributed by atoms with Crippen molar-refractivity contribution in [3.05, 3.63) is 53.2 Å². The fraction of sp³-hybridized carbons (Fsp3) is 0.545. The topological polar surface area (TPSA) is 49.6 Å². The van der Waals surface area contributed by atoms with Crippen molar-refractivity contribution in [3.63, 3.8) is 0 Å². The Morgan fingerprint density at radius 3 is 2.68 bits per heavy atom. The van der Waals surface area contributed by atoms with E-state index in [4.69, 9.17) is 4.52 Å². The van der Waals surface area contributed by atoms with E-state index in [1.54, 1.807) is 0 Å². The van der Waals surface area contributed by atoms with Crippen molar-refractivity contribution in [2.24, 2.45) is 5.92 Å². The normalized spacial score (nSPS) is 21.8. The molecule has 0 bridgehead atoms. The number of aromatic nitrogens is 1. The van der Waals surface area contributed by atoms with Crippen LogP contribution in [0.15, 0.2) is 34.9 Å². The molecule has 1 amide bonds. The van der Waals surface area contributed by atoms with Crippen molar-refractivity contribution >= 4 is 5.91 Å². The molecule has 2 aliphatic heterocycles. The summed E-state index contributed by atoms with van der Waals surface area (Å²) in [6.07, 6.45) is 4.22. The summed E-state index contributed by atoms with van der Waals surface area (Å²) in [6.45, 7) is 6.51.